The zero-order valence-corrected chi connectivity index (χ0v) is 23.7. The summed E-state index contributed by atoms with van der Waals surface area (Å²) in [7, 11) is 1.61. The maximum atomic E-state index is 13.1. The third-order valence-electron chi connectivity index (χ3n) is 7.05. The van der Waals surface area contributed by atoms with E-state index in [9.17, 15) is 4.79 Å². The van der Waals surface area contributed by atoms with E-state index in [2.05, 4.69) is 39.1 Å². The molecule has 4 aromatic carbocycles. The maximum absolute atomic E-state index is 13.1. The first-order valence-corrected chi connectivity index (χ1v) is 14.0. The quantitative estimate of drug-likeness (QED) is 0.175. The highest BCUT2D eigenvalue weighted by Crippen LogP contribution is 2.38. The standard InChI is InChI=1S/C36H30N4O3/c1-42-30-19-17-29(18-20-30)39-32(41)22-21-31-33-35(37-25-38-36(33)43-24-27-13-7-3-8-14-27)40(23-26-11-5-2-6-12-26)34(31)28-15-9-4-10-16-28/h2-22,25H,23-24H2,1H3,(H,39,41)/b22-21+. The summed E-state index contributed by atoms with van der Waals surface area (Å²) in [6.45, 7) is 0.918. The van der Waals surface area contributed by atoms with Crippen molar-refractivity contribution in [3.8, 4) is 22.9 Å². The first-order valence-electron chi connectivity index (χ1n) is 14.0. The van der Waals surface area contributed by atoms with Crippen LogP contribution in [-0.4, -0.2) is 27.6 Å². The van der Waals surface area contributed by atoms with E-state index in [-0.39, 0.29) is 5.91 Å². The fourth-order valence-electron chi connectivity index (χ4n) is 5.01. The summed E-state index contributed by atoms with van der Waals surface area (Å²) in [6.07, 6.45) is 4.89. The number of amides is 1. The first-order chi connectivity index (χ1) is 21.2. The molecule has 2 aromatic heterocycles. The van der Waals surface area contributed by atoms with Crippen LogP contribution in [0.4, 0.5) is 5.69 Å². The summed E-state index contributed by atoms with van der Waals surface area (Å²) in [5.41, 5.74) is 6.23. The normalized spacial score (nSPS) is 11.1. The minimum atomic E-state index is -0.267. The zero-order chi connectivity index (χ0) is 29.4. The molecule has 7 heteroatoms. The monoisotopic (exact) mass is 566 g/mol. The molecule has 0 fully saturated rings. The van der Waals surface area contributed by atoms with Gasteiger partial charge in [-0.3, -0.25) is 4.79 Å². The van der Waals surface area contributed by atoms with Crippen LogP contribution in [0.2, 0.25) is 0 Å². The van der Waals surface area contributed by atoms with Gasteiger partial charge < -0.3 is 19.4 Å². The van der Waals surface area contributed by atoms with Crippen LogP contribution in [0, 0.1) is 0 Å². The molecule has 0 saturated carbocycles. The number of methoxy groups -OCH3 is 1. The molecular formula is C36H30N4O3. The summed E-state index contributed by atoms with van der Waals surface area (Å²) >= 11 is 0. The van der Waals surface area contributed by atoms with Crippen LogP contribution in [0.3, 0.4) is 0 Å². The number of anilines is 1. The Bertz CT molecular complexity index is 1850. The van der Waals surface area contributed by atoms with E-state index in [1.165, 1.54) is 12.4 Å². The Morgan fingerprint density at radius 2 is 1.47 bits per heavy atom. The van der Waals surface area contributed by atoms with Gasteiger partial charge in [0.25, 0.3) is 0 Å². The second kappa shape index (κ2) is 12.9. The average Bonchev–Trinajstić information content (AvgIpc) is 3.38. The predicted molar refractivity (Wildman–Crippen MR) is 170 cm³/mol. The summed E-state index contributed by atoms with van der Waals surface area (Å²) in [4.78, 5) is 22.4. The molecular weight excluding hydrogens is 536 g/mol. The van der Waals surface area contributed by atoms with E-state index < -0.39 is 0 Å². The summed E-state index contributed by atoms with van der Waals surface area (Å²) in [6, 6.07) is 37.5. The maximum Gasteiger partial charge on any atom is 0.248 e. The van der Waals surface area contributed by atoms with Crippen molar-refractivity contribution in [3.63, 3.8) is 0 Å². The Morgan fingerprint density at radius 3 is 2.14 bits per heavy atom. The molecule has 0 aliphatic carbocycles. The minimum absolute atomic E-state index is 0.267. The highest BCUT2D eigenvalue weighted by atomic mass is 16.5. The van der Waals surface area contributed by atoms with E-state index in [1.807, 2.05) is 72.8 Å². The number of carbonyl (C=O) groups excluding carboxylic acids is 1. The zero-order valence-electron chi connectivity index (χ0n) is 23.7. The van der Waals surface area contributed by atoms with E-state index in [4.69, 9.17) is 14.5 Å². The molecule has 43 heavy (non-hydrogen) atoms. The van der Waals surface area contributed by atoms with Crippen LogP contribution < -0.4 is 14.8 Å². The van der Waals surface area contributed by atoms with E-state index in [0.717, 1.165) is 44.7 Å². The lowest BCUT2D eigenvalue weighted by Crippen LogP contribution is -2.07. The van der Waals surface area contributed by atoms with Gasteiger partial charge in [0.2, 0.25) is 11.8 Å². The van der Waals surface area contributed by atoms with Crippen LogP contribution in [0.1, 0.15) is 16.7 Å². The molecule has 1 amide bonds. The Labute approximate surface area is 250 Å². The van der Waals surface area contributed by atoms with Crippen molar-refractivity contribution in [2.75, 3.05) is 12.4 Å². The highest BCUT2D eigenvalue weighted by molar-refractivity contribution is 6.06. The molecule has 0 atom stereocenters. The molecule has 6 aromatic rings. The Balaban J connectivity index is 1.47. The third-order valence-corrected chi connectivity index (χ3v) is 7.05. The van der Waals surface area contributed by atoms with Gasteiger partial charge >= 0.3 is 0 Å². The van der Waals surface area contributed by atoms with Crippen molar-refractivity contribution in [3.05, 3.63) is 144 Å². The van der Waals surface area contributed by atoms with Crippen molar-refractivity contribution < 1.29 is 14.3 Å². The Morgan fingerprint density at radius 1 is 0.814 bits per heavy atom. The number of nitrogens with zero attached hydrogens (tertiary/aromatic N) is 3. The summed E-state index contributed by atoms with van der Waals surface area (Å²) in [5, 5.41) is 3.67. The predicted octanol–water partition coefficient (Wildman–Crippen LogP) is 7.39. The van der Waals surface area contributed by atoms with Crippen molar-refractivity contribution in [2.24, 2.45) is 0 Å². The largest absolute Gasteiger partial charge is 0.497 e. The van der Waals surface area contributed by atoms with Gasteiger partial charge in [-0.15, -0.1) is 0 Å². The molecule has 0 unspecified atom stereocenters. The molecule has 0 radical (unpaired) electrons. The lowest BCUT2D eigenvalue weighted by atomic mass is 10.0. The molecule has 0 bridgehead atoms. The van der Waals surface area contributed by atoms with Crippen LogP contribution in [0.15, 0.2) is 128 Å². The number of hydrogen-bond donors (Lipinski definition) is 1. The second-order valence-electron chi connectivity index (χ2n) is 9.90. The van der Waals surface area contributed by atoms with Crippen molar-refractivity contribution >= 4 is 28.7 Å². The molecule has 2 heterocycles. The van der Waals surface area contributed by atoms with Gasteiger partial charge in [0.1, 0.15) is 24.3 Å². The fraction of sp³-hybridized carbons (Fsp3) is 0.0833. The van der Waals surface area contributed by atoms with Gasteiger partial charge in [-0.25, -0.2) is 9.97 Å². The number of nitrogens with one attached hydrogen (secondary N) is 1. The van der Waals surface area contributed by atoms with Gasteiger partial charge in [-0.2, -0.15) is 0 Å². The molecule has 212 valence electrons. The Kier molecular flexibility index (Phi) is 8.22. The molecule has 0 aliphatic rings. The number of hydrogen-bond acceptors (Lipinski definition) is 5. The molecule has 0 saturated heterocycles. The SMILES string of the molecule is COc1ccc(NC(=O)/C=C/c2c(-c3ccccc3)n(Cc3ccccc3)c3ncnc(OCc4ccccc4)c23)cc1. The van der Waals surface area contributed by atoms with Gasteiger partial charge in [-0.1, -0.05) is 91.0 Å². The number of benzene rings is 4. The number of ether oxygens (including phenoxy) is 2. The molecule has 0 aliphatic heterocycles. The van der Waals surface area contributed by atoms with E-state index >= 15 is 0 Å². The summed E-state index contributed by atoms with van der Waals surface area (Å²) in [5.74, 6) is 0.903. The Hall–Kier alpha value is -5.69. The molecule has 0 spiro atoms. The van der Waals surface area contributed by atoms with Gasteiger partial charge in [0, 0.05) is 23.9 Å². The minimum Gasteiger partial charge on any atom is -0.497 e. The number of rotatable bonds is 10. The van der Waals surface area contributed by atoms with Crippen molar-refractivity contribution in [1.29, 1.82) is 0 Å². The topological polar surface area (TPSA) is 78.3 Å². The number of fused-ring (bicyclic) bond motifs is 1. The smallest absolute Gasteiger partial charge is 0.248 e. The van der Waals surface area contributed by atoms with Crippen molar-refractivity contribution in [1.82, 2.24) is 14.5 Å². The number of aromatic nitrogens is 3. The van der Waals surface area contributed by atoms with E-state index in [0.29, 0.717) is 24.7 Å². The van der Waals surface area contributed by atoms with Crippen LogP contribution in [-0.2, 0) is 17.9 Å². The van der Waals surface area contributed by atoms with Gasteiger partial charge in [0.05, 0.1) is 18.2 Å². The first kappa shape index (κ1) is 27.5. The van der Waals surface area contributed by atoms with Gasteiger partial charge in [-0.05, 0) is 47.0 Å². The molecule has 1 N–H and O–H groups in total. The molecule has 7 nitrogen and oxygen atoms in total. The van der Waals surface area contributed by atoms with Crippen LogP contribution in [0.25, 0.3) is 28.4 Å². The lowest BCUT2D eigenvalue weighted by Gasteiger charge is -2.12. The average molecular weight is 567 g/mol. The highest BCUT2D eigenvalue weighted by Gasteiger charge is 2.23. The fourth-order valence-corrected chi connectivity index (χ4v) is 5.01. The lowest BCUT2D eigenvalue weighted by molar-refractivity contribution is -0.111. The van der Waals surface area contributed by atoms with Crippen LogP contribution in [0.5, 0.6) is 11.6 Å². The van der Waals surface area contributed by atoms with Crippen molar-refractivity contribution in [2.45, 2.75) is 13.2 Å². The number of carbonyl (C=O) groups is 1. The molecule has 6 rings (SSSR count). The van der Waals surface area contributed by atoms with Crippen LogP contribution >= 0.6 is 0 Å². The summed E-state index contributed by atoms with van der Waals surface area (Å²) < 4.78 is 13.7. The van der Waals surface area contributed by atoms with Gasteiger partial charge in [0.15, 0.2) is 0 Å². The third kappa shape index (κ3) is 6.31. The second-order valence-corrected chi connectivity index (χ2v) is 9.90. The van der Waals surface area contributed by atoms with E-state index in [1.54, 1.807) is 31.4 Å².